The standard InChI is InChI=1S/C18H17NO5S3/c1-24-18(21)12-4-7-14(8-5-12)27(22,23)19-11-13-6-9-16(26-13)17(20)15-3-2-10-25-15/h2-10,17,19-20H,11H2,1H3. The maximum atomic E-state index is 12.4. The number of aliphatic hydroxyl groups is 1. The average Bonchev–Trinajstić information content (AvgIpc) is 3.37. The molecule has 27 heavy (non-hydrogen) atoms. The van der Waals surface area contributed by atoms with Gasteiger partial charge < -0.3 is 9.84 Å². The monoisotopic (exact) mass is 423 g/mol. The number of esters is 1. The van der Waals surface area contributed by atoms with Crippen molar-refractivity contribution < 1.29 is 23.1 Å². The van der Waals surface area contributed by atoms with Crippen LogP contribution < -0.4 is 4.72 Å². The van der Waals surface area contributed by atoms with Crippen LogP contribution in [-0.2, 0) is 21.3 Å². The summed E-state index contributed by atoms with van der Waals surface area (Å²) < 4.78 is 31.9. The number of thiophene rings is 2. The van der Waals surface area contributed by atoms with E-state index in [9.17, 15) is 18.3 Å². The molecule has 0 fully saturated rings. The molecular formula is C18H17NO5S3. The molecule has 1 atom stereocenters. The van der Waals surface area contributed by atoms with Gasteiger partial charge >= 0.3 is 5.97 Å². The van der Waals surface area contributed by atoms with Crippen molar-refractivity contribution in [2.75, 3.05) is 7.11 Å². The SMILES string of the molecule is COC(=O)c1ccc(S(=O)(=O)NCc2ccc(C(O)c3cccs3)s2)cc1. The summed E-state index contributed by atoms with van der Waals surface area (Å²) in [6, 6.07) is 12.8. The van der Waals surface area contributed by atoms with Crippen LogP contribution in [0.2, 0.25) is 0 Å². The van der Waals surface area contributed by atoms with E-state index in [4.69, 9.17) is 0 Å². The quantitative estimate of drug-likeness (QED) is 0.570. The van der Waals surface area contributed by atoms with E-state index in [2.05, 4.69) is 9.46 Å². The molecule has 0 aliphatic carbocycles. The molecular weight excluding hydrogens is 406 g/mol. The van der Waals surface area contributed by atoms with E-state index >= 15 is 0 Å². The van der Waals surface area contributed by atoms with Crippen molar-refractivity contribution in [1.82, 2.24) is 4.72 Å². The summed E-state index contributed by atoms with van der Waals surface area (Å²) in [6.07, 6.45) is -0.703. The fourth-order valence-electron chi connectivity index (χ4n) is 2.36. The number of carbonyl (C=O) groups excluding carboxylic acids is 1. The van der Waals surface area contributed by atoms with Gasteiger partial charge in [0, 0.05) is 21.2 Å². The van der Waals surface area contributed by atoms with Crippen LogP contribution in [0.15, 0.2) is 58.8 Å². The topological polar surface area (TPSA) is 92.7 Å². The number of nitrogens with one attached hydrogen (secondary N) is 1. The van der Waals surface area contributed by atoms with Crippen molar-refractivity contribution in [3.8, 4) is 0 Å². The van der Waals surface area contributed by atoms with Crippen LogP contribution in [0.25, 0.3) is 0 Å². The molecule has 6 nitrogen and oxygen atoms in total. The molecule has 2 N–H and O–H groups in total. The molecule has 0 spiro atoms. The Morgan fingerprint density at radius 2 is 1.89 bits per heavy atom. The van der Waals surface area contributed by atoms with Gasteiger partial charge in [0.05, 0.1) is 17.6 Å². The highest BCUT2D eigenvalue weighted by molar-refractivity contribution is 7.89. The number of carbonyl (C=O) groups is 1. The molecule has 0 aliphatic heterocycles. The zero-order valence-electron chi connectivity index (χ0n) is 14.3. The number of methoxy groups -OCH3 is 1. The summed E-state index contributed by atoms with van der Waals surface area (Å²) in [5.74, 6) is -0.526. The molecule has 1 unspecified atom stereocenters. The second-order valence-corrected chi connectivity index (χ2v) is 9.51. The van der Waals surface area contributed by atoms with Gasteiger partial charge in [-0.2, -0.15) is 0 Å². The third-order valence-electron chi connectivity index (χ3n) is 3.79. The van der Waals surface area contributed by atoms with Gasteiger partial charge in [-0.1, -0.05) is 6.07 Å². The normalized spacial score (nSPS) is 12.7. The largest absolute Gasteiger partial charge is 0.465 e. The maximum absolute atomic E-state index is 12.4. The summed E-state index contributed by atoms with van der Waals surface area (Å²) >= 11 is 2.82. The zero-order chi connectivity index (χ0) is 19.4. The molecule has 2 aromatic heterocycles. The summed E-state index contributed by atoms with van der Waals surface area (Å²) in [4.78, 5) is 13.9. The molecule has 0 aliphatic rings. The minimum atomic E-state index is -3.72. The third-order valence-corrected chi connectivity index (χ3v) is 7.27. The molecule has 0 saturated heterocycles. The van der Waals surface area contributed by atoms with Gasteiger partial charge in [-0.05, 0) is 47.8 Å². The van der Waals surface area contributed by atoms with Crippen molar-refractivity contribution in [3.63, 3.8) is 0 Å². The van der Waals surface area contributed by atoms with Gasteiger partial charge in [0.2, 0.25) is 10.0 Å². The number of aliphatic hydroxyl groups excluding tert-OH is 1. The van der Waals surface area contributed by atoms with E-state index in [0.717, 1.165) is 14.6 Å². The lowest BCUT2D eigenvalue weighted by molar-refractivity contribution is 0.0600. The number of rotatable bonds is 7. The Balaban J connectivity index is 1.66. The maximum Gasteiger partial charge on any atom is 0.337 e. The van der Waals surface area contributed by atoms with Crippen LogP contribution in [0.3, 0.4) is 0 Å². The Morgan fingerprint density at radius 1 is 1.15 bits per heavy atom. The first-order valence-electron chi connectivity index (χ1n) is 7.89. The van der Waals surface area contributed by atoms with Gasteiger partial charge in [0.25, 0.3) is 0 Å². The van der Waals surface area contributed by atoms with Gasteiger partial charge in [-0.25, -0.2) is 17.9 Å². The summed E-state index contributed by atoms with van der Waals surface area (Å²) in [6.45, 7) is 0.114. The molecule has 1 aromatic carbocycles. The number of sulfonamides is 1. The molecule has 9 heteroatoms. The Morgan fingerprint density at radius 3 is 2.52 bits per heavy atom. The molecule has 0 amide bonds. The van der Waals surface area contributed by atoms with Crippen molar-refractivity contribution >= 4 is 38.7 Å². The Hall–Kier alpha value is -2.04. The minimum absolute atomic E-state index is 0.0607. The first kappa shape index (κ1) is 19.7. The molecule has 0 saturated carbocycles. The minimum Gasteiger partial charge on any atom is -0.465 e. The number of hydrogen-bond acceptors (Lipinski definition) is 7. The highest BCUT2D eigenvalue weighted by Gasteiger charge is 2.17. The number of ether oxygens (including phenoxy) is 1. The van der Waals surface area contributed by atoms with Crippen LogP contribution in [0.1, 0.15) is 31.1 Å². The Labute approximate surface area is 165 Å². The van der Waals surface area contributed by atoms with Gasteiger partial charge in [-0.15, -0.1) is 22.7 Å². The smallest absolute Gasteiger partial charge is 0.337 e. The molecule has 3 rings (SSSR count). The van der Waals surface area contributed by atoms with E-state index in [1.165, 1.54) is 54.0 Å². The second kappa shape index (κ2) is 8.32. The lowest BCUT2D eigenvalue weighted by Gasteiger charge is -2.07. The highest BCUT2D eigenvalue weighted by atomic mass is 32.2. The Kier molecular flexibility index (Phi) is 6.08. The van der Waals surface area contributed by atoms with E-state index in [1.807, 2.05) is 17.5 Å². The molecule has 0 radical (unpaired) electrons. The van der Waals surface area contributed by atoms with Crippen molar-refractivity contribution in [3.05, 3.63) is 74.1 Å². The van der Waals surface area contributed by atoms with E-state index < -0.39 is 22.1 Å². The lowest BCUT2D eigenvalue weighted by atomic mass is 10.2. The molecule has 2 heterocycles. The molecule has 0 bridgehead atoms. The second-order valence-electron chi connectivity index (χ2n) is 5.56. The average molecular weight is 424 g/mol. The van der Waals surface area contributed by atoms with Crippen molar-refractivity contribution in [2.45, 2.75) is 17.5 Å². The van der Waals surface area contributed by atoms with Gasteiger partial charge in [0.1, 0.15) is 6.10 Å². The predicted octanol–water partition coefficient (Wildman–Crippen LogP) is 3.16. The highest BCUT2D eigenvalue weighted by Crippen LogP contribution is 2.31. The van der Waals surface area contributed by atoms with E-state index in [0.29, 0.717) is 0 Å². The van der Waals surface area contributed by atoms with Crippen LogP contribution in [-0.4, -0.2) is 26.6 Å². The number of hydrogen-bond donors (Lipinski definition) is 2. The van der Waals surface area contributed by atoms with Crippen molar-refractivity contribution in [2.24, 2.45) is 0 Å². The van der Waals surface area contributed by atoms with Crippen LogP contribution in [0.5, 0.6) is 0 Å². The Bertz CT molecular complexity index is 1010. The zero-order valence-corrected chi connectivity index (χ0v) is 16.7. The van der Waals surface area contributed by atoms with Crippen LogP contribution in [0.4, 0.5) is 0 Å². The fourth-order valence-corrected chi connectivity index (χ4v) is 5.22. The summed E-state index contributed by atoms with van der Waals surface area (Å²) in [7, 11) is -2.45. The third kappa shape index (κ3) is 4.63. The summed E-state index contributed by atoms with van der Waals surface area (Å²) in [5.41, 5.74) is 0.280. The lowest BCUT2D eigenvalue weighted by Crippen LogP contribution is -2.22. The molecule has 142 valence electrons. The first-order chi connectivity index (χ1) is 12.9. The van der Waals surface area contributed by atoms with Crippen LogP contribution >= 0.6 is 22.7 Å². The fraction of sp³-hybridized carbons (Fsp3) is 0.167. The predicted molar refractivity (Wildman–Crippen MR) is 105 cm³/mol. The van der Waals surface area contributed by atoms with E-state index in [1.54, 1.807) is 12.1 Å². The summed E-state index contributed by atoms with van der Waals surface area (Å²) in [5, 5.41) is 12.2. The van der Waals surface area contributed by atoms with E-state index in [-0.39, 0.29) is 17.0 Å². The van der Waals surface area contributed by atoms with Gasteiger partial charge in [0.15, 0.2) is 0 Å². The number of benzene rings is 1. The molecule has 3 aromatic rings. The van der Waals surface area contributed by atoms with Crippen molar-refractivity contribution in [1.29, 1.82) is 0 Å². The van der Waals surface area contributed by atoms with Gasteiger partial charge in [-0.3, -0.25) is 0 Å². The first-order valence-corrected chi connectivity index (χ1v) is 11.1. The van der Waals surface area contributed by atoms with Crippen LogP contribution in [0, 0.1) is 0 Å².